The van der Waals surface area contributed by atoms with E-state index in [4.69, 9.17) is 10.8 Å². The van der Waals surface area contributed by atoms with Gasteiger partial charge in [0.25, 0.3) is 0 Å². The van der Waals surface area contributed by atoms with Crippen LogP contribution in [0.1, 0.15) is 33.6 Å². The molecule has 0 aliphatic carbocycles. The zero-order chi connectivity index (χ0) is 12.7. The van der Waals surface area contributed by atoms with Crippen molar-refractivity contribution in [3.8, 4) is 0 Å². The van der Waals surface area contributed by atoms with Crippen LogP contribution in [0.4, 0.5) is 0 Å². The Hall–Kier alpha value is -1.10. The molecule has 16 heavy (non-hydrogen) atoms. The second-order valence-electron chi connectivity index (χ2n) is 4.68. The van der Waals surface area contributed by atoms with Crippen molar-refractivity contribution in [3.05, 3.63) is 0 Å². The van der Waals surface area contributed by atoms with Gasteiger partial charge in [0.1, 0.15) is 0 Å². The third-order valence-electron chi connectivity index (χ3n) is 2.21. The van der Waals surface area contributed by atoms with Crippen molar-refractivity contribution in [2.24, 2.45) is 17.6 Å². The quantitative estimate of drug-likeness (QED) is 0.596. The third-order valence-corrected chi connectivity index (χ3v) is 2.21. The highest BCUT2D eigenvalue weighted by atomic mass is 16.4. The lowest BCUT2D eigenvalue weighted by atomic mass is 10.0. The van der Waals surface area contributed by atoms with Crippen LogP contribution in [0.2, 0.25) is 0 Å². The maximum atomic E-state index is 11.5. The highest BCUT2D eigenvalue weighted by molar-refractivity contribution is 5.81. The van der Waals surface area contributed by atoms with Gasteiger partial charge in [0, 0.05) is 13.0 Å². The SMILES string of the molecule is CC(C)C[C@@H](N)C(=O)NCC(C)CC(=O)O. The smallest absolute Gasteiger partial charge is 0.303 e. The van der Waals surface area contributed by atoms with E-state index in [-0.39, 0.29) is 18.2 Å². The molecule has 0 aliphatic heterocycles. The minimum Gasteiger partial charge on any atom is -0.481 e. The van der Waals surface area contributed by atoms with Crippen molar-refractivity contribution in [1.29, 1.82) is 0 Å². The summed E-state index contributed by atoms with van der Waals surface area (Å²) in [5.74, 6) is -0.760. The Kier molecular flexibility index (Phi) is 6.72. The first-order valence-electron chi connectivity index (χ1n) is 5.58. The van der Waals surface area contributed by atoms with Crippen molar-refractivity contribution in [1.82, 2.24) is 5.32 Å². The van der Waals surface area contributed by atoms with Gasteiger partial charge in [-0.15, -0.1) is 0 Å². The van der Waals surface area contributed by atoms with E-state index in [9.17, 15) is 9.59 Å². The molecule has 1 unspecified atom stereocenters. The van der Waals surface area contributed by atoms with Gasteiger partial charge in [-0.05, 0) is 18.3 Å². The predicted octanol–water partition coefficient (Wildman–Crippen LogP) is 0.587. The number of hydrogen-bond acceptors (Lipinski definition) is 3. The molecule has 0 aromatic heterocycles. The lowest BCUT2D eigenvalue weighted by Gasteiger charge is -2.16. The molecule has 4 N–H and O–H groups in total. The monoisotopic (exact) mass is 230 g/mol. The fourth-order valence-corrected chi connectivity index (χ4v) is 1.39. The molecular formula is C11H22N2O3. The van der Waals surface area contributed by atoms with Crippen LogP contribution in [0, 0.1) is 11.8 Å². The number of nitrogens with one attached hydrogen (secondary N) is 1. The number of carboxylic acids is 1. The third kappa shape index (κ3) is 7.23. The lowest BCUT2D eigenvalue weighted by Crippen LogP contribution is -2.43. The fourth-order valence-electron chi connectivity index (χ4n) is 1.39. The molecule has 1 amide bonds. The second-order valence-corrected chi connectivity index (χ2v) is 4.68. The van der Waals surface area contributed by atoms with E-state index in [0.717, 1.165) is 0 Å². The van der Waals surface area contributed by atoms with Crippen LogP contribution in [0.25, 0.3) is 0 Å². The Bertz CT molecular complexity index is 241. The van der Waals surface area contributed by atoms with Crippen molar-refractivity contribution < 1.29 is 14.7 Å². The first-order valence-corrected chi connectivity index (χ1v) is 5.58. The summed E-state index contributed by atoms with van der Waals surface area (Å²) in [7, 11) is 0. The zero-order valence-corrected chi connectivity index (χ0v) is 10.2. The molecule has 5 nitrogen and oxygen atoms in total. The Morgan fingerprint density at radius 2 is 1.88 bits per heavy atom. The molecule has 5 heteroatoms. The predicted molar refractivity (Wildman–Crippen MR) is 61.9 cm³/mol. The molecule has 0 saturated heterocycles. The lowest BCUT2D eigenvalue weighted by molar-refractivity contribution is -0.138. The molecule has 94 valence electrons. The van der Waals surface area contributed by atoms with Gasteiger partial charge in [0.05, 0.1) is 6.04 Å². The number of nitrogens with two attached hydrogens (primary N) is 1. The summed E-state index contributed by atoms with van der Waals surface area (Å²) in [6, 6.07) is -0.503. The summed E-state index contributed by atoms with van der Waals surface area (Å²) in [6.07, 6.45) is 0.693. The van der Waals surface area contributed by atoms with E-state index < -0.39 is 12.0 Å². The maximum Gasteiger partial charge on any atom is 0.303 e. The molecule has 0 aliphatic rings. The van der Waals surface area contributed by atoms with E-state index in [1.165, 1.54) is 0 Å². The number of carbonyl (C=O) groups excluding carboxylic acids is 1. The molecule has 0 fully saturated rings. The number of amides is 1. The molecule has 0 heterocycles. The van der Waals surface area contributed by atoms with Crippen molar-refractivity contribution in [2.45, 2.75) is 39.7 Å². The standard InChI is InChI=1S/C11H22N2O3/c1-7(2)4-9(12)11(16)13-6-8(3)5-10(14)15/h7-9H,4-6,12H2,1-3H3,(H,13,16)(H,14,15)/t8?,9-/m1/s1. The van der Waals surface area contributed by atoms with Gasteiger partial charge in [0.2, 0.25) is 5.91 Å². The van der Waals surface area contributed by atoms with Crippen LogP contribution in [-0.4, -0.2) is 29.6 Å². The zero-order valence-electron chi connectivity index (χ0n) is 10.2. The number of carbonyl (C=O) groups is 2. The van der Waals surface area contributed by atoms with E-state index in [0.29, 0.717) is 18.9 Å². The molecule has 0 radical (unpaired) electrons. The number of carboxylic acid groups (broad SMARTS) is 1. The van der Waals surface area contributed by atoms with Gasteiger partial charge < -0.3 is 16.2 Å². The molecule has 2 atom stereocenters. The largest absolute Gasteiger partial charge is 0.481 e. The molecule has 0 saturated carbocycles. The van der Waals surface area contributed by atoms with Gasteiger partial charge >= 0.3 is 5.97 Å². The first-order chi connectivity index (χ1) is 7.32. The maximum absolute atomic E-state index is 11.5. The Labute approximate surface area is 96.4 Å². The van der Waals surface area contributed by atoms with Crippen LogP contribution < -0.4 is 11.1 Å². The normalized spacial score (nSPS) is 14.6. The highest BCUT2D eigenvalue weighted by Crippen LogP contribution is 2.03. The fraction of sp³-hybridized carbons (Fsp3) is 0.818. The summed E-state index contributed by atoms with van der Waals surface area (Å²) in [4.78, 5) is 21.9. The molecule has 0 aromatic rings. The van der Waals surface area contributed by atoms with Crippen LogP contribution in [0.15, 0.2) is 0 Å². The molecule has 0 rings (SSSR count). The van der Waals surface area contributed by atoms with Gasteiger partial charge in [-0.3, -0.25) is 9.59 Å². The highest BCUT2D eigenvalue weighted by Gasteiger charge is 2.16. The topological polar surface area (TPSA) is 92.4 Å². The Morgan fingerprint density at radius 1 is 1.31 bits per heavy atom. The summed E-state index contributed by atoms with van der Waals surface area (Å²) in [6.45, 7) is 6.14. The van der Waals surface area contributed by atoms with Gasteiger partial charge in [-0.25, -0.2) is 0 Å². The van der Waals surface area contributed by atoms with E-state index in [1.807, 2.05) is 13.8 Å². The van der Waals surface area contributed by atoms with Gasteiger partial charge in [-0.2, -0.15) is 0 Å². The minimum absolute atomic E-state index is 0.0553. The summed E-state index contributed by atoms with van der Waals surface area (Å²) >= 11 is 0. The van der Waals surface area contributed by atoms with Crippen LogP contribution in [-0.2, 0) is 9.59 Å². The van der Waals surface area contributed by atoms with Gasteiger partial charge in [0.15, 0.2) is 0 Å². The Morgan fingerprint density at radius 3 is 2.31 bits per heavy atom. The summed E-state index contributed by atoms with van der Waals surface area (Å²) < 4.78 is 0. The van der Waals surface area contributed by atoms with Crippen molar-refractivity contribution in [3.63, 3.8) is 0 Å². The molecule has 0 bridgehead atoms. The number of hydrogen-bond donors (Lipinski definition) is 3. The summed E-state index contributed by atoms with van der Waals surface area (Å²) in [5, 5.41) is 11.2. The van der Waals surface area contributed by atoms with Gasteiger partial charge in [-0.1, -0.05) is 20.8 Å². The number of rotatable bonds is 7. The Balaban J connectivity index is 3.83. The molecule has 0 spiro atoms. The van der Waals surface area contributed by atoms with E-state index in [1.54, 1.807) is 6.92 Å². The number of aliphatic carboxylic acids is 1. The van der Waals surface area contributed by atoms with Crippen molar-refractivity contribution in [2.75, 3.05) is 6.54 Å². The molecular weight excluding hydrogens is 208 g/mol. The van der Waals surface area contributed by atoms with Crippen LogP contribution in [0.3, 0.4) is 0 Å². The van der Waals surface area contributed by atoms with E-state index in [2.05, 4.69) is 5.32 Å². The minimum atomic E-state index is -0.853. The van der Waals surface area contributed by atoms with Crippen LogP contribution >= 0.6 is 0 Å². The van der Waals surface area contributed by atoms with E-state index >= 15 is 0 Å². The second kappa shape index (κ2) is 7.22. The first kappa shape index (κ1) is 14.9. The summed E-state index contributed by atoms with van der Waals surface area (Å²) in [5.41, 5.74) is 5.68. The average Bonchev–Trinajstić information content (AvgIpc) is 2.11. The molecule has 0 aromatic carbocycles. The van der Waals surface area contributed by atoms with Crippen molar-refractivity contribution >= 4 is 11.9 Å². The average molecular weight is 230 g/mol. The van der Waals surface area contributed by atoms with Crippen LogP contribution in [0.5, 0.6) is 0 Å².